The van der Waals surface area contributed by atoms with Gasteiger partial charge in [0.25, 0.3) is 0 Å². The third-order valence-electron chi connectivity index (χ3n) is 3.86. The van der Waals surface area contributed by atoms with Crippen molar-refractivity contribution >= 4 is 22.4 Å². The van der Waals surface area contributed by atoms with Crippen molar-refractivity contribution in [1.29, 1.82) is 5.26 Å². The van der Waals surface area contributed by atoms with Crippen molar-refractivity contribution < 1.29 is 9.00 Å². The van der Waals surface area contributed by atoms with Gasteiger partial charge in [-0.1, -0.05) is 25.3 Å². The number of anilines is 1. The van der Waals surface area contributed by atoms with Crippen LogP contribution in [0.25, 0.3) is 0 Å². The van der Waals surface area contributed by atoms with E-state index in [0.717, 1.165) is 25.7 Å². The molecule has 1 N–H and O–H groups in total. The third kappa shape index (κ3) is 4.15. The summed E-state index contributed by atoms with van der Waals surface area (Å²) in [5.74, 6) is -0.242. The van der Waals surface area contributed by atoms with Crippen LogP contribution in [0.3, 0.4) is 0 Å². The predicted molar refractivity (Wildman–Crippen MR) is 84.3 cm³/mol. The average molecular weight is 304 g/mol. The molecule has 112 valence electrons. The van der Waals surface area contributed by atoms with Crippen LogP contribution in [0.4, 0.5) is 5.69 Å². The van der Waals surface area contributed by atoms with Gasteiger partial charge >= 0.3 is 0 Å². The molecule has 0 bridgehead atoms. The SMILES string of the molecule is CC(C(=O)Nc1cccc(C#N)c1)S(=O)C1CCCCC1. The minimum atomic E-state index is -1.14. The number of amides is 1. The van der Waals surface area contributed by atoms with Crippen molar-refractivity contribution in [2.45, 2.75) is 49.5 Å². The van der Waals surface area contributed by atoms with Gasteiger partial charge in [0, 0.05) is 21.7 Å². The van der Waals surface area contributed by atoms with E-state index in [-0.39, 0.29) is 11.2 Å². The van der Waals surface area contributed by atoms with E-state index in [2.05, 4.69) is 5.32 Å². The molecule has 1 aromatic rings. The molecule has 2 unspecified atom stereocenters. The number of carbonyl (C=O) groups is 1. The molecule has 21 heavy (non-hydrogen) atoms. The van der Waals surface area contributed by atoms with Crippen LogP contribution >= 0.6 is 0 Å². The van der Waals surface area contributed by atoms with Crippen molar-refractivity contribution in [2.24, 2.45) is 0 Å². The quantitative estimate of drug-likeness (QED) is 0.929. The third-order valence-corrected chi connectivity index (χ3v) is 5.90. The zero-order valence-corrected chi connectivity index (χ0v) is 13.0. The highest BCUT2D eigenvalue weighted by molar-refractivity contribution is 7.87. The summed E-state index contributed by atoms with van der Waals surface area (Å²) in [6.45, 7) is 1.72. The summed E-state index contributed by atoms with van der Waals surface area (Å²) >= 11 is 0. The Morgan fingerprint density at radius 3 is 2.76 bits per heavy atom. The van der Waals surface area contributed by atoms with E-state index in [1.54, 1.807) is 31.2 Å². The van der Waals surface area contributed by atoms with E-state index in [4.69, 9.17) is 5.26 Å². The Kier molecular flexibility index (Phi) is 5.51. The van der Waals surface area contributed by atoms with Crippen LogP contribution < -0.4 is 5.32 Å². The summed E-state index contributed by atoms with van der Waals surface area (Å²) in [4.78, 5) is 12.2. The van der Waals surface area contributed by atoms with Gasteiger partial charge in [0.05, 0.1) is 11.6 Å². The van der Waals surface area contributed by atoms with Crippen LogP contribution in [0.15, 0.2) is 24.3 Å². The van der Waals surface area contributed by atoms with Crippen LogP contribution in [0.2, 0.25) is 0 Å². The number of nitriles is 1. The zero-order chi connectivity index (χ0) is 15.2. The number of hydrogen-bond donors (Lipinski definition) is 1. The van der Waals surface area contributed by atoms with Gasteiger partial charge in [-0.05, 0) is 38.0 Å². The lowest BCUT2D eigenvalue weighted by atomic mass is 10.0. The molecule has 5 heteroatoms. The highest BCUT2D eigenvalue weighted by Gasteiger charge is 2.28. The lowest BCUT2D eigenvalue weighted by molar-refractivity contribution is -0.115. The molecule has 2 atom stereocenters. The summed E-state index contributed by atoms with van der Waals surface area (Å²) in [5, 5.41) is 11.2. The Labute approximate surface area is 128 Å². The molecule has 1 amide bonds. The Morgan fingerprint density at radius 1 is 1.38 bits per heavy atom. The van der Waals surface area contributed by atoms with Crippen LogP contribution in [-0.4, -0.2) is 20.6 Å². The summed E-state index contributed by atoms with van der Waals surface area (Å²) < 4.78 is 12.5. The number of hydrogen-bond acceptors (Lipinski definition) is 3. The van der Waals surface area contributed by atoms with Crippen molar-refractivity contribution in [3.05, 3.63) is 29.8 Å². The van der Waals surface area contributed by atoms with Gasteiger partial charge < -0.3 is 5.32 Å². The molecular weight excluding hydrogens is 284 g/mol. The molecule has 2 rings (SSSR count). The number of benzene rings is 1. The van der Waals surface area contributed by atoms with Crippen LogP contribution in [-0.2, 0) is 15.6 Å². The Hall–Kier alpha value is -1.67. The van der Waals surface area contributed by atoms with Crippen molar-refractivity contribution in [2.75, 3.05) is 5.32 Å². The van der Waals surface area contributed by atoms with E-state index in [1.807, 2.05) is 6.07 Å². The minimum Gasteiger partial charge on any atom is -0.325 e. The average Bonchev–Trinajstić information content (AvgIpc) is 2.54. The monoisotopic (exact) mass is 304 g/mol. The fourth-order valence-electron chi connectivity index (χ4n) is 2.60. The lowest BCUT2D eigenvalue weighted by Gasteiger charge is -2.23. The number of carbonyl (C=O) groups excluding carboxylic acids is 1. The Morgan fingerprint density at radius 2 is 2.10 bits per heavy atom. The molecule has 0 radical (unpaired) electrons. The second kappa shape index (κ2) is 7.37. The molecule has 0 aromatic heterocycles. The molecule has 1 aromatic carbocycles. The zero-order valence-electron chi connectivity index (χ0n) is 12.2. The molecular formula is C16H20N2O2S. The molecule has 4 nitrogen and oxygen atoms in total. The minimum absolute atomic E-state index is 0.143. The molecule has 0 aliphatic heterocycles. The first-order chi connectivity index (χ1) is 10.1. The summed E-state index contributed by atoms with van der Waals surface area (Å²) in [7, 11) is -1.14. The second-order valence-electron chi connectivity index (χ2n) is 5.41. The van der Waals surface area contributed by atoms with Crippen molar-refractivity contribution in [1.82, 2.24) is 0 Å². The fraction of sp³-hybridized carbons (Fsp3) is 0.500. The fourth-order valence-corrected chi connectivity index (χ4v) is 4.25. The number of rotatable bonds is 4. The highest BCUT2D eigenvalue weighted by atomic mass is 32.2. The molecule has 1 saturated carbocycles. The van der Waals surface area contributed by atoms with Crippen LogP contribution in [0.1, 0.15) is 44.6 Å². The molecule has 1 fully saturated rings. The molecule has 1 aliphatic carbocycles. The molecule has 0 heterocycles. The smallest absolute Gasteiger partial charge is 0.239 e. The van der Waals surface area contributed by atoms with E-state index >= 15 is 0 Å². The number of nitrogens with one attached hydrogen (secondary N) is 1. The Balaban J connectivity index is 1.98. The second-order valence-corrected chi connectivity index (χ2v) is 7.44. The van der Waals surface area contributed by atoms with Gasteiger partial charge in [0.1, 0.15) is 5.25 Å². The molecule has 0 saturated heterocycles. The van der Waals surface area contributed by atoms with E-state index in [0.29, 0.717) is 11.3 Å². The van der Waals surface area contributed by atoms with E-state index < -0.39 is 16.0 Å². The normalized spacial score (nSPS) is 18.5. The maximum Gasteiger partial charge on any atom is 0.239 e. The Bertz CT molecular complexity index is 574. The summed E-state index contributed by atoms with van der Waals surface area (Å²) in [5.41, 5.74) is 1.07. The topological polar surface area (TPSA) is 70.0 Å². The van der Waals surface area contributed by atoms with Gasteiger partial charge in [-0.25, -0.2) is 0 Å². The van der Waals surface area contributed by atoms with Gasteiger partial charge in [0.15, 0.2) is 0 Å². The number of nitrogens with zero attached hydrogens (tertiary/aromatic N) is 1. The van der Waals surface area contributed by atoms with Gasteiger partial charge in [-0.15, -0.1) is 0 Å². The van der Waals surface area contributed by atoms with Gasteiger partial charge in [-0.2, -0.15) is 5.26 Å². The first-order valence-corrected chi connectivity index (χ1v) is 8.60. The van der Waals surface area contributed by atoms with E-state index in [1.165, 1.54) is 6.42 Å². The largest absolute Gasteiger partial charge is 0.325 e. The summed E-state index contributed by atoms with van der Waals surface area (Å²) in [6, 6.07) is 8.78. The first-order valence-electron chi connectivity index (χ1n) is 7.32. The highest BCUT2D eigenvalue weighted by Crippen LogP contribution is 2.24. The van der Waals surface area contributed by atoms with Gasteiger partial charge in [0.2, 0.25) is 5.91 Å². The first kappa shape index (κ1) is 15.7. The molecule has 0 spiro atoms. The maximum absolute atomic E-state index is 12.5. The predicted octanol–water partition coefficient (Wildman–Crippen LogP) is 2.97. The molecule has 1 aliphatic rings. The van der Waals surface area contributed by atoms with Gasteiger partial charge in [-0.3, -0.25) is 9.00 Å². The van der Waals surface area contributed by atoms with E-state index in [9.17, 15) is 9.00 Å². The maximum atomic E-state index is 12.5. The van der Waals surface area contributed by atoms with Crippen LogP contribution in [0.5, 0.6) is 0 Å². The van der Waals surface area contributed by atoms with Crippen LogP contribution in [0, 0.1) is 11.3 Å². The van der Waals surface area contributed by atoms with Crippen molar-refractivity contribution in [3.8, 4) is 6.07 Å². The lowest BCUT2D eigenvalue weighted by Crippen LogP contribution is -2.35. The standard InChI is InChI=1S/C16H20N2O2S/c1-12(21(20)15-8-3-2-4-9-15)16(19)18-14-7-5-6-13(10-14)11-17/h5-7,10,12,15H,2-4,8-9H2,1H3,(H,18,19). The van der Waals surface area contributed by atoms with Crippen molar-refractivity contribution in [3.63, 3.8) is 0 Å². The summed E-state index contributed by atoms with van der Waals surface area (Å²) in [6.07, 6.45) is 5.32.